The molecule has 5 heteroatoms. The van der Waals surface area contributed by atoms with Crippen LogP contribution >= 0.6 is 0 Å². The molecule has 3 aromatic rings. The molecule has 5 nitrogen and oxygen atoms in total. The summed E-state index contributed by atoms with van der Waals surface area (Å²) in [7, 11) is 0. The van der Waals surface area contributed by atoms with Crippen LogP contribution in [-0.4, -0.2) is 30.0 Å². The number of fused-ring (bicyclic) bond motifs is 2. The summed E-state index contributed by atoms with van der Waals surface area (Å²) in [6.45, 7) is 2.38. The van der Waals surface area contributed by atoms with Crippen LogP contribution in [0.1, 0.15) is 28.0 Å². The summed E-state index contributed by atoms with van der Waals surface area (Å²) in [5, 5.41) is 0.943. The van der Waals surface area contributed by atoms with Crippen LogP contribution in [0, 0.1) is 6.92 Å². The van der Waals surface area contributed by atoms with Crippen molar-refractivity contribution in [3.63, 3.8) is 0 Å². The van der Waals surface area contributed by atoms with E-state index < -0.39 is 5.97 Å². The fourth-order valence-electron chi connectivity index (χ4n) is 3.43. The van der Waals surface area contributed by atoms with Crippen molar-refractivity contribution in [1.29, 1.82) is 0 Å². The molecule has 0 spiro atoms. The van der Waals surface area contributed by atoms with E-state index in [0.717, 1.165) is 40.6 Å². The molecule has 2 aromatic carbocycles. The van der Waals surface area contributed by atoms with Crippen molar-refractivity contribution in [2.24, 2.45) is 0 Å². The van der Waals surface area contributed by atoms with Crippen molar-refractivity contribution in [2.75, 3.05) is 18.1 Å². The number of esters is 1. The van der Waals surface area contributed by atoms with E-state index in [9.17, 15) is 9.59 Å². The predicted molar refractivity (Wildman–Crippen MR) is 100 cm³/mol. The number of para-hydroxylation sites is 1. The van der Waals surface area contributed by atoms with Crippen LogP contribution in [0.25, 0.3) is 10.9 Å². The smallest absolute Gasteiger partial charge is 0.355 e. The quantitative estimate of drug-likeness (QED) is 0.736. The fraction of sp³-hybridized carbons (Fsp3) is 0.238. The minimum absolute atomic E-state index is 0.197. The van der Waals surface area contributed by atoms with Gasteiger partial charge in [-0.3, -0.25) is 4.79 Å². The number of amides is 1. The number of benzene rings is 2. The zero-order valence-corrected chi connectivity index (χ0v) is 14.6. The Morgan fingerprint density at radius 3 is 2.88 bits per heavy atom. The van der Waals surface area contributed by atoms with Gasteiger partial charge in [-0.2, -0.15) is 0 Å². The van der Waals surface area contributed by atoms with Gasteiger partial charge in [0.1, 0.15) is 5.69 Å². The van der Waals surface area contributed by atoms with E-state index >= 15 is 0 Å². The Hall–Kier alpha value is -3.08. The largest absolute Gasteiger partial charge is 0.451 e. The second-order valence-corrected chi connectivity index (χ2v) is 6.63. The molecule has 0 unspecified atom stereocenters. The molecular formula is C21H20N2O3. The molecule has 1 aliphatic rings. The number of carbonyl (C=O) groups excluding carboxylic acids is 2. The zero-order chi connectivity index (χ0) is 18.1. The van der Waals surface area contributed by atoms with E-state index in [2.05, 4.69) is 4.98 Å². The van der Waals surface area contributed by atoms with Crippen LogP contribution in [0.2, 0.25) is 0 Å². The maximum absolute atomic E-state index is 12.6. The zero-order valence-electron chi connectivity index (χ0n) is 14.6. The van der Waals surface area contributed by atoms with Gasteiger partial charge in [-0.25, -0.2) is 4.79 Å². The van der Waals surface area contributed by atoms with Crippen molar-refractivity contribution in [3.8, 4) is 0 Å². The van der Waals surface area contributed by atoms with Crippen LogP contribution < -0.4 is 4.90 Å². The summed E-state index contributed by atoms with van der Waals surface area (Å²) in [4.78, 5) is 29.6. The number of rotatable bonds is 3. The molecule has 0 saturated heterocycles. The number of ether oxygens (including phenoxy) is 1. The highest BCUT2D eigenvalue weighted by Gasteiger charge is 2.23. The number of carbonyl (C=O) groups is 2. The molecule has 0 aliphatic carbocycles. The van der Waals surface area contributed by atoms with Gasteiger partial charge in [-0.1, -0.05) is 30.3 Å². The molecule has 0 atom stereocenters. The number of hydrogen-bond acceptors (Lipinski definition) is 3. The molecular weight excluding hydrogens is 328 g/mol. The molecule has 26 heavy (non-hydrogen) atoms. The maximum atomic E-state index is 12.6. The van der Waals surface area contributed by atoms with E-state index in [0.29, 0.717) is 12.2 Å². The lowest BCUT2D eigenvalue weighted by molar-refractivity contribution is -0.121. The van der Waals surface area contributed by atoms with Gasteiger partial charge in [0.2, 0.25) is 0 Å². The monoisotopic (exact) mass is 348 g/mol. The topological polar surface area (TPSA) is 62.4 Å². The van der Waals surface area contributed by atoms with Crippen molar-refractivity contribution >= 4 is 28.5 Å². The van der Waals surface area contributed by atoms with Gasteiger partial charge in [0.15, 0.2) is 6.61 Å². The first kappa shape index (κ1) is 16.4. The Balaban J connectivity index is 1.45. The minimum atomic E-state index is -0.516. The molecule has 1 amide bonds. The highest BCUT2D eigenvalue weighted by Crippen LogP contribution is 2.26. The molecule has 1 aromatic heterocycles. The molecule has 0 bridgehead atoms. The standard InChI is InChI=1S/C21H20N2O3/c1-14-8-9-16-12-18(22-17(16)11-14)21(25)26-13-20(24)23-10-4-6-15-5-2-3-7-19(15)23/h2-3,5,7-9,11-12,22H,4,6,10,13H2,1H3. The van der Waals surface area contributed by atoms with Crippen molar-refractivity contribution < 1.29 is 14.3 Å². The lowest BCUT2D eigenvalue weighted by Crippen LogP contribution is -2.38. The Labute approximate surface area is 151 Å². The van der Waals surface area contributed by atoms with Gasteiger partial charge in [0.05, 0.1) is 0 Å². The third-order valence-electron chi connectivity index (χ3n) is 4.74. The first-order valence-corrected chi connectivity index (χ1v) is 8.76. The second kappa shape index (κ2) is 6.67. The van der Waals surface area contributed by atoms with Gasteiger partial charge in [-0.05, 0) is 49.1 Å². The number of nitrogens with one attached hydrogen (secondary N) is 1. The van der Waals surface area contributed by atoms with Gasteiger partial charge in [0, 0.05) is 23.1 Å². The Morgan fingerprint density at radius 2 is 2.00 bits per heavy atom. The van der Waals surface area contributed by atoms with E-state index in [1.54, 1.807) is 11.0 Å². The average Bonchev–Trinajstić information content (AvgIpc) is 3.08. The second-order valence-electron chi connectivity index (χ2n) is 6.63. The van der Waals surface area contributed by atoms with Gasteiger partial charge >= 0.3 is 5.97 Å². The van der Waals surface area contributed by atoms with Crippen LogP contribution in [0.4, 0.5) is 5.69 Å². The van der Waals surface area contributed by atoms with Gasteiger partial charge in [-0.15, -0.1) is 0 Å². The van der Waals surface area contributed by atoms with Crippen molar-refractivity contribution in [3.05, 3.63) is 65.4 Å². The first-order chi connectivity index (χ1) is 12.6. The Kier molecular flexibility index (Phi) is 4.21. The van der Waals surface area contributed by atoms with Gasteiger partial charge < -0.3 is 14.6 Å². The summed E-state index contributed by atoms with van der Waals surface area (Å²) in [5.41, 5.74) is 4.43. The number of nitrogens with zero attached hydrogens (tertiary/aromatic N) is 1. The number of aryl methyl sites for hydroxylation is 2. The van der Waals surface area contributed by atoms with Crippen molar-refractivity contribution in [1.82, 2.24) is 4.98 Å². The van der Waals surface area contributed by atoms with E-state index in [1.807, 2.05) is 49.4 Å². The third-order valence-corrected chi connectivity index (χ3v) is 4.74. The molecule has 1 aliphatic heterocycles. The highest BCUT2D eigenvalue weighted by atomic mass is 16.5. The number of hydrogen-bond donors (Lipinski definition) is 1. The van der Waals surface area contributed by atoms with E-state index in [1.165, 1.54) is 0 Å². The number of aromatic amines is 1. The fourth-order valence-corrected chi connectivity index (χ4v) is 3.43. The molecule has 0 radical (unpaired) electrons. The summed E-state index contributed by atoms with van der Waals surface area (Å²) in [5.74, 6) is -0.713. The minimum Gasteiger partial charge on any atom is -0.451 e. The Morgan fingerprint density at radius 1 is 1.15 bits per heavy atom. The third kappa shape index (κ3) is 3.08. The van der Waals surface area contributed by atoms with Crippen LogP contribution in [-0.2, 0) is 16.0 Å². The maximum Gasteiger partial charge on any atom is 0.355 e. The number of H-pyrrole nitrogens is 1. The summed E-state index contributed by atoms with van der Waals surface area (Å²) >= 11 is 0. The SMILES string of the molecule is Cc1ccc2cc(C(=O)OCC(=O)N3CCCc4ccccc43)[nH]c2c1. The van der Waals surface area contributed by atoms with Crippen LogP contribution in [0.15, 0.2) is 48.5 Å². The molecule has 1 N–H and O–H groups in total. The molecule has 0 saturated carbocycles. The van der Waals surface area contributed by atoms with E-state index in [4.69, 9.17) is 4.74 Å². The molecule has 0 fully saturated rings. The molecule has 2 heterocycles. The molecule has 4 rings (SSSR count). The lowest BCUT2D eigenvalue weighted by atomic mass is 10.0. The summed E-state index contributed by atoms with van der Waals surface area (Å²) in [6.07, 6.45) is 1.88. The van der Waals surface area contributed by atoms with Crippen LogP contribution in [0.3, 0.4) is 0 Å². The van der Waals surface area contributed by atoms with Gasteiger partial charge in [0.25, 0.3) is 5.91 Å². The summed E-state index contributed by atoms with van der Waals surface area (Å²) < 4.78 is 5.26. The van der Waals surface area contributed by atoms with Crippen molar-refractivity contribution in [2.45, 2.75) is 19.8 Å². The number of aromatic nitrogens is 1. The van der Waals surface area contributed by atoms with E-state index in [-0.39, 0.29) is 12.5 Å². The molecule has 132 valence electrons. The van der Waals surface area contributed by atoms with Crippen LogP contribution in [0.5, 0.6) is 0 Å². The average molecular weight is 348 g/mol. The normalized spacial score (nSPS) is 13.5. The Bertz CT molecular complexity index is 990. The highest BCUT2D eigenvalue weighted by molar-refractivity contribution is 5.99. The predicted octanol–water partition coefficient (Wildman–Crippen LogP) is 3.61. The number of anilines is 1. The first-order valence-electron chi connectivity index (χ1n) is 8.76. The lowest BCUT2D eigenvalue weighted by Gasteiger charge is -2.29. The summed E-state index contributed by atoms with van der Waals surface area (Å²) in [6, 6.07) is 15.5.